The van der Waals surface area contributed by atoms with Gasteiger partial charge in [-0.1, -0.05) is 23.8 Å². The van der Waals surface area contributed by atoms with Crippen molar-refractivity contribution < 1.29 is 14.3 Å². The molecule has 1 N–H and O–H groups in total. The van der Waals surface area contributed by atoms with E-state index in [1.54, 1.807) is 19.9 Å². The van der Waals surface area contributed by atoms with Crippen molar-refractivity contribution in [2.45, 2.75) is 33.7 Å². The van der Waals surface area contributed by atoms with Crippen molar-refractivity contribution in [2.75, 3.05) is 6.61 Å². The zero-order chi connectivity index (χ0) is 15.1. The lowest BCUT2D eigenvalue weighted by Crippen LogP contribution is -2.38. The highest BCUT2D eigenvalue weighted by molar-refractivity contribution is 5.94. The molecule has 1 atom stereocenters. The first-order valence-electron chi connectivity index (χ1n) is 6.66. The number of nitrogens with one attached hydrogen (secondary N) is 1. The Labute approximate surface area is 119 Å². The van der Waals surface area contributed by atoms with E-state index in [4.69, 9.17) is 4.74 Å². The zero-order valence-electron chi connectivity index (χ0n) is 12.4. The van der Waals surface area contributed by atoms with Gasteiger partial charge in [0.25, 0.3) is 0 Å². The average Bonchev–Trinajstić information content (AvgIpc) is 2.37. The van der Waals surface area contributed by atoms with E-state index in [-0.39, 0.29) is 5.91 Å². The van der Waals surface area contributed by atoms with Crippen molar-refractivity contribution in [3.05, 3.63) is 41.0 Å². The number of aryl methyl sites for hydroxylation is 2. The van der Waals surface area contributed by atoms with Crippen LogP contribution in [0.3, 0.4) is 0 Å². The summed E-state index contributed by atoms with van der Waals surface area (Å²) < 4.78 is 4.82. The Bertz CT molecular complexity index is 520. The molecular formula is C16H21NO3. The second kappa shape index (κ2) is 7.48. The van der Waals surface area contributed by atoms with Crippen LogP contribution in [-0.2, 0) is 14.3 Å². The second-order valence-electron chi connectivity index (χ2n) is 4.68. The minimum Gasteiger partial charge on any atom is -0.464 e. The molecule has 1 amide bonds. The summed E-state index contributed by atoms with van der Waals surface area (Å²) in [6.45, 7) is 7.64. The molecular weight excluding hydrogens is 254 g/mol. The molecule has 0 spiro atoms. The maximum absolute atomic E-state index is 11.7. The molecule has 0 aliphatic heterocycles. The molecule has 4 heteroatoms. The third-order valence-electron chi connectivity index (χ3n) is 2.84. The maximum Gasteiger partial charge on any atom is 0.328 e. The lowest BCUT2D eigenvalue weighted by molar-refractivity contribution is -0.146. The van der Waals surface area contributed by atoms with Crippen molar-refractivity contribution in [3.8, 4) is 0 Å². The standard InChI is InChI=1S/C16H21NO3/c1-5-20-16(19)13(4)17-15(18)9-8-14-7-6-11(2)10-12(14)3/h6-10,13H,5H2,1-4H3,(H,17,18). The molecule has 1 rings (SSSR count). The van der Waals surface area contributed by atoms with Crippen molar-refractivity contribution in [1.29, 1.82) is 0 Å². The van der Waals surface area contributed by atoms with E-state index < -0.39 is 12.0 Å². The summed E-state index contributed by atoms with van der Waals surface area (Å²) in [6, 6.07) is 5.36. The monoisotopic (exact) mass is 275 g/mol. The third kappa shape index (κ3) is 4.88. The van der Waals surface area contributed by atoms with E-state index in [1.807, 2.05) is 26.0 Å². The second-order valence-corrected chi connectivity index (χ2v) is 4.68. The molecule has 0 saturated heterocycles. The van der Waals surface area contributed by atoms with Gasteiger partial charge in [-0.2, -0.15) is 0 Å². The predicted octanol–water partition coefficient (Wildman–Crippen LogP) is 2.38. The molecule has 0 radical (unpaired) electrons. The van der Waals surface area contributed by atoms with Gasteiger partial charge in [0, 0.05) is 6.08 Å². The lowest BCUT2D eigenvalue weighted by atomic mass is 10.1. The molecule has 0 aliphatic carbocycles. The van der Waals surface area contributed by atoms with Crippen LogP contribution in [0.2, 0.25) is 0 Å². The first-order chi connectivity index (χ1) is 9.43. The molecule has 20 heavy (non-hydrogen) atoms. The van der Waals surface area contributed by atoms with Crippen molar-refractivity contribution >= 4 is 18.0 Å². The third-order valence-corrected chi connectivity index (χ3v) is 2.84. The van der Waals surface area contributed by atoms with Crippen molar-refractivity contribution in [1.82, 2.24) is 5.32 Å². The number of benzene rings is 1. The summed E-state index contributed by atoms with van der Waals surface area (Å²) >= 11 is 0. The van der Waals surface area contributed by atoms with Crippen LogP contribution in [0.15, 0.2) is 24.3 Å². The number of carbonyl (C=O) groups excluding carboxylic acids is 2. The fraction of sp³-hybridized carbons (Fsp3) is 0.375. The topological polar surface area (TPSA) is 55.4 Å². The van der Waals surface area contributed by atoms with Crippen LogP contribution in [0.4, 0.5) is 0 Å². The lowest BCUT2D eigenvalue weighted by Gasteiger charge is -2.10. The van der Waals surface area contributed by atoms with Gasteiger partial charge in [0.2, 0.25) is 5.91 Å². The Morgan fingerprint density at radius 1 is 1.35 bits per heavy atom. The van der Waals surface area contributed by atoms with E-state index >= 15 is 0 Å². The minimum atomic E-state index is -0.647. The molecule has 0 bridgehead atoms. The van der Waals surface area contributed by atoms with E-state index in [0.717, 1.165) is 11.1 Å². The van der Waals surface area contributed by atoms with E-state index in [2.05, 4.69) is 11.4 Å². The first kappa shape index (κ1) is 16.0. The highest BCUT2D eigenvalue weighted by atomic mass is 16.5. The summed E-state index contributed by atoms with van der Waals surface area (Å²) in [4.78, 5) is 23.1. The van der Waals surface area contributed by atoms with E-state index in [9.17, 15) is 9.59 Å². The number of ether oxygens (including phenoxy) is 1. The van der Waals surface area contributed by atoms with Gasteiger partial charge >= 0.3 is 5.97 Å². The highest BCUT2D eigenvalue weighted by Crippen LogP contribution is 2.11. The van der Waals surface area contributed by atoms with Crippen LogP contribution in [0, 0.1) is 13.8 Å². The molecule has 0 fully saturated rings. The zero-order valence-corrected chi connectivity index (χ0v) is 12.4. The molecule has 4 nitrogen and oxygen atoms in total. The Hall–Kier alpha value is -2.10. The van der Waals surface area contributed by atoms with E-state index in [1.165, 1.54) is 11.6 Å². The largest absolute Gasteiger partial charge is 0.464 e. The Kier molecular flexibility index (Phi) is 5.97. The van der Waals surface area contributed by atoms with Crippen LogP contribution in [-0.4, -0.2) is 24.5 Å². The SMILES string of the molecule is CCOC(=O)C(C)NC(=O)C=Cc1ccc(C)cc1C. The maximum atomic E-state index is 11.7. The van der Waals surface area contributed by atoms with Gasteiger partial charge in [-0.25, -0.2) is 4.79 Å². The number of hydrogen-bond donors (Lipinski definition) is 1. The summed E-state index contributed by atoms with van der Waals surface area (Å²) in [6.07, 6.45) is 3.16. The number of amides is 1. The summed E-state index contributed by atoms with van der Waals surface area (Å²) in [5, 5.41) is 2.57. The Balaban J connectivity index is 2.61. The van der Waals surface area contributed by atoms with Gasteiger partial charge in [-0.3, -0.25) is 4.79 Å². The molecule has 0 aliphatic rings. The highest BCUT2D eigenvalue weighted by Gasteiger charge is 2.14. The fourth-order valence-electron chi connectivity index (χ4n) is 1.77. The molecule has 1 aromatic rings. The Morgan fingerprint density at radius 3 is 2.65 bits per heavy atom. The van der Waals surface area contributed by atoms with Crippen molar-refractivity contribution in [3.63, 3.8) is 0 Å². The number of carbonyl (C=O) groups is 2. The smallest absolute Gasteiger partial charge is 0.328 e. The summed E-state index contributed by atoms with van der Waals surface area (Å²) in [5.41, 5.74) is 3.27. The van der Waals surface area contributed by atoms with Gasteiger partial charge in [0.05, 0.1) is 6.61 Å². The summed E-state index contributed by atoms with van der Waals surface area (Å²) in [7, 11) is 0. The molecule has 0 saturated carbocycles. The van der Waals surface area contributed by atoms with Crippen LogP contribution >= 0.6 is 0 Å². The van der Waals surface area contributed by atoms with Gasteiger partial charge in [0.1, 0.15) is 6.04 Å². The molecule has 1 aromatic carbocycles. The molecule has 108 valence electrons. The average molecular weight is 275 g/mol. The number of esters is 1. The molecule has 1 unspecified atom stereocenters. The van der Waals surface area contributed by atoms with E-state index in [0.29, 0.717) is 6.61 Å². The van der Waals surface area contributed by atoms with Crippen LogP contribution in [0.1, 0.15) is 30.5 Å². The number of rotatable bonds is 5. The first-order valence-corrected chi connectivity index (χ1v) is 6.66. The van der Waals surface area contributed by atoms with Crippen LogP contribution < -0.4 is 5.32 Å². The molecule has 0 aromatic heterocycles. The van der Waals surface area contributed by atoms with Gasteiger partial charge < -0.3 is 10.1 Å². The van der Waals surface area contributed by atoms with Gasteiger partial charge in [-0.15, -0.1) is 0 Å². The predicted molar refractivity (Wildman–Crippen MR) is 79.2 cm³/mol. The molecule has 0 heterocycles. The minimum absolute atomic E-state index is 0.303. The van der Waals surface area contributed by atoms with Crippen LogP contribution in [0.25, 0.3) is 6.08 Å². The van der Waals surface area contributed by atoms with Gasteiger partial charge in [-0.05, 0) is 44.9 Å². The van der Waals surface area contributed by atoms with Crippen LogP contribution in [0.5, 0.6) is 0 Å². The Morgan fingerprint density at radius 2 is 2.05 bits per heavy atom. The fourth-order valence-corrected chi connectivity index (χ4v) is 1.77. The quantitative estimate of drug-likeness (QED) is 0.663. The van der Waals surface area contributed by atoms with Gasteiger partial charge in [0.15, 0.2) is 0 Å². The van der Waals surface area contributed by atoms with Crippen molar-refractivity contribution in [2.24, 2.45) is 0 Å². The number of hydrogen-bond acceptors (Lipinski definition) is 3. The normalized spacial score (nSPS) is 12.2. The summed E-state index contributed by atoms with van der Waals surface area (Å²) in [5.74, 6) is -0.744.